The molecule has 50 valence electrons. The van der Waals surface area contributed by atoms with Crippen LogP contribution in [0.2, 0.25) is 0 Å². The zero-order valence-electron chi connectivity index (χ0n) is 4.82. The van der Waals surface area contributed by atoms with Crippen LogP contribution in [0.4, 0.5) is 0 Å². The molecule has 1 rings (SSSR count). The van der Waals surface area contributed by atoms with Crippen molar-refractivity contribution in [2.75, 3.05) is 0 Å². The Kier molecular flexibility index (Phi) is 1.87. The van der Waals surface area contributed by atoms with Gasteiger partial charge in [-0.05, 0) is 12.1 Å². The van der Waals surface area contributed by atoms with Crippen molar-refractivity contribution in [3.8, 4) is 0 Å². The maximum atomic E-state index is 8.42. The molecule has 0 aliphatic heterocycles. The van der Waals surface area contributed by atoms with Gasteiger partial charge in [0.15, 0.2) is 6.29 Å². The normalized spacial score (nSPS) is 10.6. The Hall–Kier alpha value is -0.800. The van der Waals surface area contributed by atoms with Gasteiger partial charge >= 0.3 is 0 Å². The van der Waals surface area contributed by atoms with Crippen LogP contribution in [-0.2, 0) is 6.42 Å². The van der Waals surface area contributed by atoms with Crippen LogP contribution in [0, 0.1) is 0 Å². The SMILES string of the molecule is OC(O)Cc1ccco1. The predicted octanol–water partition coefficient (Wildman–Crippen LogP) is 0.133. The van der Waals surface area contributed by atoms with Gasteiger partial charge < -0.3 is 14.6 Å². The van der Waals surface area contributed by atoms with Gasteiger partial charge in [0, 0.05) is 0 Å². The van der Waals surface area contributed by atoms with E-state index >= 15 is 0 Å². The predicted molar refractivity (Wildman–Crippen MR) is 30.6 cm³/mol. The summed E-state index contributed by atoms with van der Waals surface area (Å²) in [5, 5.41) is 16.8. The van der Waals surface area contributed by atoms with Crippen molar-refractivity contribution in [3.05, 3.63) is 24.2 Å². The monoisotopic (exact) mass is 128 g/mol. The summed E-state index contributed by atoms with van der Waals surface area (Å²) in [4.78, 5) is 0. The molecule has 0 atom stereocenters. The summed E-state index contributed by atoms with van der Waals surface area (Å²) in [6.45, 7) is 0. The number of aliphatic hydroxyl groups is 2. The highest BCUT2D eigenvalue weighted by Crippen LogP contribution is 2.01. The molecule has 1 aromatic heterocycles. The molecule has 0 bridgehead atoms. The van der Waals surface area contributed by atoms with Crippen molar-refractivity contribution in [1.82, 2.24) is 0 Å². The smallest absolute Gasteiger partial charge is 0.158 e. The fraction of sp³-hybridized carbons (Fsp3) is 0.333. The molecule has 3 nitrogen and oxygen atoms in total. The molecule has 0 fully saturated rings. The molecule has 0 spiro atoms. The van der Waals surface area contributed by atoms with Crippen molar-refractivity contribution in [2.24, 2.45) is 0 Å². The van der Waals surface area contributed by atoms with Gasteiger partial charge in [0.1, 0.15) is 5.76 Å². The molecule has 0 aliphatic carbocycles. The minimum absolute atomic E-state index is 0.160. The largest absolute Gasteiger partial charge is 0.469 e. The van der Waals surface area contributed by atoms with Crippen molar-refractivity contribution in [2.45, 2.75) is 12.7 Å². The molecule has 3 heteroatoms. The van der Waals surface area contributed by atoms with Crippen LogP contribution in [0.15, 0.2) is 22.8 Å². The van der Waals surface area contributed by atoms with Gasteiger partial charge in [0.05, 0.1) is 12.7 Å². The van der Waals surface area contributed by atoms with Gasteiger partial charge in [-0.1, -0.05) is 0 Å². The van der Waals surface area contributed by atoms with Crippen molar-refractivity contribution >= 4 is 0 Å². The number of hydrogen-bond acceptors (Lipinski definition) is 3. The van der Waals surface area contributed by atoms with Crippen LogP contribution in [-0.4, -0.2) is 16.5 Å². The Morgan fingerprint density at radius 2 is 2.33 bits per heavy atom. The Labute approximate surface area is 52.5 Å². The first kappa shape index (κ1) is 6.32. The summed E-state index contributed by atoms with van der Waals surface area (Å²) in [7, 11) is 0. The molecule has 1 aromatic rings. The van der Waals surface area contributed by atoms with E-state index in [1.807, 2.05) is 0 Å². The van der Waals surface area contributed by atoms with Gasteiger partial charge in [-0.3, -0.25) is 0 Å². The highest BCUT2D eigenvalue weighted by atomic mass is 16.5. The third-order valence-corrected chi connectivity index (χ3v) is 0.964. The fourth-order valence-electron chi connectivity index (χ4n) is 0.609. The summed E-state index contributed by atoms with van der Waals surface area (Å²) < 4.78 is 4.82. The lowest BCUT2D eigenvalue weighted by Crippen LogP contribution is -2.06. The first-order valence-electron chi connectivity index (χ1n) is 2.67. The second-order valence-electron chi connectivity index (χ2n) is 1.76. The molecule has 0 aliphatic rings. The third kappa shape index (κ3) is 1.87. The highest BCUT2D eigenvalue weighted by molar-refractivity contribution is 4.98. The Bertz CT molecular complexity index is 155. The lowest BCUT2D eigenvalue weighted by molar-refractivity contribution is -0.0413. The molecule has 9 heavy (non-hydrogen) atoms. The summed E-state index contributed by atoms with van der Waals surface area (Å²) in [5.41, 5.74) is 0. The number of furan rings is 1. The van der Waals surface area contributed by atoms with E-state index in [4.69, 9.17) is 14.6 Å². The van der Waals surface area contributed by atoms with Gasteiger partial charge in [-0.25, -0.2) is 0 Å². The van der Waals surface area contributed by atoms with Crippen molar-refractivity contribution in [3.63, 3.8) is 0 Å². The fourth-order valence-corrected chi connectivity index (χ4v) is 0.609. The van der Waals surface area contributed by atoms with E-state index in [9.17, 15) is 0 Å². The molecule has 0 unspecified atom stereocenters. The second-order valence-corrected chi connectivity index (χ2v) is 1.76. The summed E-state index contributed by atoms with van der Waals surface area (Å²) in [6, 6.07) is 3.40. The van der Waals surface area contributed by atoms with Gasteiger partial charge in [0.25, 0.3) is 0 Å². The molecule has 0 radical (unpaired) electrons. The first-order chi connectivity index (χ1) is 4.29. The summed E-state index contributed by atoms with van der Waals surface area (Å²) in [5.74, 6) is 0.588. The maximum Gasteiger partial charge on any atom is 0.158 e. The quantitative estimate of drug-likeness (QED) is 0.557. The van der Waals surface area contributed by atoms with E-state index in [0.717, 1.165) is 0 Å². The van der Waals surface area contributed by atoms with E-state index in [2.05, 4.69) is 0 Å². The van der Waals surface area contributed by atoms with Crippen LogP contribution >= 0.6 is 0 Å². The number of aliphatic hydroxyl groups excluding tert-OH is 1. The average Bonchev–Trinajstić information content (AvgIpc) is 2.15. The zero-order chi connectivity index (χ0) is 6.69. The summed E-state index contributed by atoms with van der Waals surface area (Å²) in [6.07, 6.45) is 0.348. The maximum absolute atomic E-state index is 8.42. The average molecular weight is 128 g/mol. The molecule has 2 N–H and O–H groups in total. The molecule has 0 amide bonds. The van der Waals surface area contributed by atoms with E-state index in [1.54, 1.807) is 12.1 Å². The highest BCUT2D eigenvalue weighted by Gasteiger charge is 2.00. The Morgan fingerprint density at radius 3 is 2.78 bits per heavy atom. The number of rotatable bonds is 2. The summed E-state index contributed by atoms with van der Waals surface area (Å²) >= 11 is 0. The van der Waals surface area contributed by atoms with E-state index in [0.29, 0.717) is 5.76 Å². The van der Waals surface area contributed by atoms with Gasteiger partial charge in [0.2, 0.25) is 0 Å². The van der Waals surface area contributed by atoms with Crippen LogP contribution in [0.3, 0.4) is 0 Å². The first-order valence-corrected chi connectivity index (χ1v) is 2.67. The van der Waals surface area contributed by atoms with Crippen LogP contribution in [0.25, 0.3) is 0 Å². The molecule has 0 saturated heterocycles. The molecular formula is C6H8O3. The van der Waals surface area contributed by atoms with Crippen molar-refractivity contribution in [1.29, 1.82) is 0 Å². The minimum Gasteiger partial charge on any atom is -0.469 e. The van der Waals surface area contributed by atoms with E-state index in [1.165, 1.54) is 6.26 Å². The van der Waals surface area contributed by atoms with Crippen LogP contribution in [0.1, 0.15) is 5.76 Å². The van der Waals surface area contributed by atoms with Gasteiger partial charge in [-0.15, -0.1) is 0 Å². The van der Waals surface area contributed by atoms with Gasteiger partial charge in [-0.2, -0.15) is 0 Å². The lowest BCUT2D eigenvalue weighted by Gasteiger charge is -1.96. The Morgan fingerprint density at radius 1 is 1.56 bits per heavy atom. The molecule has 0 aromatic carbocycles. The zero-order valence-corrected chi connectivity index (χ0v) is 4.82. The Balaban J connectivity index is 2.48. The topological polar surface area (TPSA) is 53.6 Å². The second kappa shape index (κ2) is 2.66. The molecule has 0 saturated carbocycles. The number of hydrogen-bond donors (Lipinski definition) is 2. The standard InChI is InChI=1S/C6H8O3/c7-6(8)4-5-2-1-3-9-5/h1-3,6-8H,4H2. The van der Waals surface area contributed by atoms with E-state index in [-0.39, 0.29) is 6.42 Å². The minimum atomic E-state index is -1.31. The third-order valence-electron chi connectivity index (χ3n) is 0.964. The lowest BCUT2D eigenvalue weighted by atomic mass is 10.3. The molecule has 1 heterocycles. The van der Waals surface area contributed by atoms with Crippen LogP contribution in [0.5, 0.6) is 0 Å². The van der Waals surface area contributed by atoms with E-state index < -0.39 is 6.29 Å². The van der Waals surface area contributed by atoms with Crippen LogP contribution < -0.4 is 0 Å². The van der Waals surface area contributed by atoms with Crippen molar-refractivity contribution < 1.29 is 14.6 Å². The molecular weight excluding hydrogens is 120 g/mol.